The number of nitrogens with one attached hydrogen (secondary N) is 1. The van der Waals surface area contributed by atoms with Crippen LogP contribution in [0, 0.1) is 6.92 Å². The van der Waals surface area contributed by atoms with Crippen molar-refractivity contribution in [3.8, 4) is 5.75 Å². The van der Waals surface area contributed by atoms with Gasteiger partial charge in [-0.3, -0.25) is 0 Å². The minimum atomic E-state index is -0.551. The van der Waals surface area contributed by atoms with Crippen LogP contribution in [0.2, 0.25) is 0 Å². The average molecular weight is 216 g/mol. The van der Waals surface area contributed by atoms with E-state index < -0.39 is 6.10 Å². The summed E-state index contributed by atoms with van der Waals surface area (Å²) in [7, 11) is 0. The van der Waals surface area contributed by atoms with Crippen molar-refractivity contribution in [3.05, 3.63) is 23.8 Å². The van der Waals surface area contributed by atoms with Gasteiger partial charge in [-0.15, -0.1) is 11.6 Å². The van der Waals surface area contributed by atoms with Crippen LogP contribution in [-0.4, -0.2) is 28.7 Å². The summed E-state index contributed by atoms with van der Waals surface area (Å²) in [5.41, 5.74) is 1.83. The van der Waals surface area contributed by atoms with Crippen molar-refractivity contribution in [1.29, 1.82) is 0 Å². The van der Waals surface area contributed by atoms with Crippen LogP contribution in [-0.2, 0) is 0 Å². The van der Waals surface area contributed by atoms with E-state index >= 15 is 0 Å². The summed E-state index contributed by atoms with van der Waals surface area (Å²) >= 11 is 5.45. The van der Waals surface area contributed by atoms with E-state index in [1.165, 1.54) is 0 Å². The number of benzene rings is 1. The second kappa shape index (κ2) is 5.08. The number of anilines is 1. The van der Waals surface area contributed by atoms with Crippen LogP contribution in [0.3, 0.4) is 0 Å². The summed E-state index contributed by atoms with van der Waals surface area (Å²) < 4.78 is 0. The summed E-state index contributed by atoms with van der Waals surface area (Å²) in [6.07, 6.45) is -0.551. The third-order valence-electron chi connectivity index (χ3n) is 1.92. The van der Waals surface area contributed by atoms with Gasteiger partial charge in [0.1, 0.15) is 5.75 Å². The summed E-state index contributed by atoms with van der Waals surface area (Å²) in [4.78, 5) is 0. The molecule has 14 heavy (non-hydrogen) atoms. The van der Waals surface area contributed by atoms with Gasteiger partial charge >= 0.3 is 0 Å². The maximum atomic E-state index is 9.22. The quantitative estimate of drug-likeness (QED) is 0.530. The van der Waals surface area contributed by atoms with Crippen molar-refractivity contribution in [2.45, 2.75) is 13.0 Å². The van der Waals surface area contributed by atoms with Crippen LogP contribution in [0.1, 0.15) is 5.56 Å². The largest absolute Gasteiger partial charge is 0.508 e. The molecule has 0 amide bonds. The van der Waals surface area contributed by atoms with E-state index in [1.807, 2.05) is 6.92 Å². The number of hydrogen-bond acceptors (Lipinski definition) is 3. The van der Waals surface area contributed by atoms with Crippen LogP contribution in [0.5, 0.6) is 5.75 Å². The van der Waals surface area contributed by atoms with Crippen molar-refractivity contribution in [1.82, 2.24) is 0 Å². The minimum absolute atomic E-state index is 0.212. The molecule has 1 unspecified atom stereocenters. The Bertz CT molecular complexity index is 304. The summed E-state index contributed by atoms with van der Waals surface area (Å²) in [5, 5.41) is 21.4. The van der Waals surface area contributed by atoms with Gasteiger partial charge in [-0.05, 0) is 30.7 Å². The fourth-order valence-corrected chi connectivity index (χ4v) is 1.24. The first-order chi connectivity index (χ1) is 6.63. The van der Waals surface area contributed by atoms with Crippen LogP contribution in [0.4, 0.5) is 5.69 Å². The van der Waals surface area contributed by atoms with Gasteiger partial charge in [-0.25, -0.2) is 0 Å². The molecule has 1 aromatic carbocycles. The van der Waals surface area contributed by atoms with Crippen molar-refractivity contribution in [2.75, 3.05) is 17.7 Å². The molecule has 0 radical (unpaired) electrons. The second-order valence-electron chi connectivity index (χ2n) is 3.19. The zero-order valence-electron chi connectivity index (χ0n) is 8.00. The first-order valence-corrected chi connectivity index (χ1v) is 4.94. The second-order valence-corrected chi connectivity index (χ2v) is 3.50. The molecule has 0 aliphatic carbocycles. The molecule has 0 aromatic heterocycles. The van der Waals surface area contributed by atoms with E-state index in [4.69, 9.17) is 16.7 Å². The van der Waals surface area contributed by atoms with Crippen LogP contribution in [0.15, 0.2) is 18.2 Å². The van der Waals surface area contributed by atoms with E-state index in [2.05, 4.69) is 5.32 Å². The molecule has 0 aliphatic heterocycles. The summed E-state index contributed by atoms with van der Waals surface area (Å²) in [6.45, 7) is 2.30. The molecular formula is C10H14ClNO2. The molecule has 3 N–H and O–H groups in total. The molecule has 0 heterocycles. The highest BCUT2D eigenvalue weighted by atomic mass is 35.5. The summed E-state index contributed by atoms with van der Waals surface area (Å²) in [6, 6.07) is 5.03. The van der Waals surface area contributed by atoms with Crippen molar-refractivity contribution >= 4 is 17.3 Å². The summed E-state index contributed by atoms with van der Waals surface area (Å²) in [5.74, 6) is 0.454. The lowest BCUT2D eigenvalue weighted by Gasteiger charge is -2.12. The van der Waals surface area contributed by atoms with Gasteiger partial charge in [-0.2, -0.15) is 0 Å². The van der Waals surface area contributed by atoms with Crippen molar-refractivity contribution < 1.29 is 10.2 Å². The minimum Gasteiger partial charge on any atom is -0.508 e. The van der Waals surface area contributed by atoms with Gasteiger partial charge in [0.15, 0.2) is 0 Å². The molecule has 0 fully saturated rings. The Hall–Kier alpha value is -0.930. The third-order valence-corrected chi connectivity index (χ3v) is 2.27. The fourth-order valence-electron chi connectivity index (χ4n) is 1.13. The molecule has 0 bridgehead atoms. The predicted octanol–water partition coefficient (Wildman–Crippen LogP) is 1.71. The molecule has 78 valence electrons. The first kappa shape index (κ1) is 11.1. The number of phenols is 1. The van der Waals surface area contributed by atoms with Gasteiger partial charge in [0.25, 0.3) is 0 Å². The monoisotopic (exact) mass is 215 g/mol. The Morgan fingerprint density at radius 2 is 2.21 bits per heavy atom. The normalized spacial score (nSPS) is 12.5. The number of aryl methyl sites for hydroxylation is 1. The molecule has 0 spiro atoms. The maximum absolute atomic E-state index is 9.22. The third kappa shape index (κ3) is 3.09. The SMILES string of the molecule is Cc1cc(O)ccc1NCC(O)CCl. The van der Waals surface area contributed by atoms with Crippen LogP contribution >= 0.6 is 11.6 Å². The first-order valence-electron chi connectivity index (χ1n) is 4.41. The van der Waals surface area contributed by atoms with E-state index in [0.717, 1.165) is 11.3 Å². The highest BCUT2D eigenvalue weighted by Crippen LogP contribution is 2.19. The van der Waals surface area contributed by atoms with Gasteiger partial charge < -0.3 is 15.5 Å². The number of rotatable bonds is 4. The Balaban J connectivity index is 2.59. The molecule has 4 heteroatoms. The predicted molar refractivity (Wildman–Crippen MR) is 58.1 cm³/mol. The Labute approximate surface area is 88.3 Å². The molecule has 0 saturated heterocycles. The van der Waals surface area contributed by atoms with E-state index in [1.54, 1.807) is 18.2 Å². The Morgan fingerprint density at radius 3 is 2.79 bits per heavy atom. The molecule has 3 nitrogen and oxygen atoms in total. The van der Waals surface area contributed by atoms with Crippen LogP contribution in [0.25, 0.3) is 0 Å². The Kier molecular flexibility index (Phi) is 4.04. The molecule has 1 aromatic rings. The molecule has 0 saturated carbocycles. The van der Waals surface area contributed by atoms with E-state index in [-0.39, 0.29) is 11.6 Å². The van der Waals surface area contributed by atoms with Gasteiger partial charge in [0.2, 0.25) is 0 Å². The van der Waals surface area contributed by atoms with E-state index in [9.17, 15) is 5.11 Å². The van der Waals surface area contributed by atoms with Gasteiger partial charge in [0.05, 0.1) is 12.0 Å². The highest BCUT2D eigenvalue weighted by Gasteiger charge is 2.03. The molecule has 1 atom stereocenters. The molecule has 1 rings (SSSR count). The number of hydrogen-bond donors (Lipinski definition) is 3. The number of aromatic hydroxyl groups is 1. The lowest BCUT2D eigenvalue weighted by molar-refractivity contribution is 0.211. The standard InChI is InChI=1S/C10H14ClNO2/c1-7-4-8(13)2-3-10(7)12-6-9(14)5-11/h2-4,9,12-14H,5-6H2,1H3. The van der Waals surface area contributed by atoms with Gasteiger partial charge in [0, 0.05) is 12.2 Å². The number of aliphatic hydroxyl groups excluding tert-OH is 1. The van der Waals surface area contributed by atoms with Crippen molar-refractivity contribution in [2.24, 2.45) is 0 Å². The van der Waals surface area contributed by atoms with Gasteiger partial charge in [-0.1, -0.05) is 0 Å². The lowest BCUT2D eigenvalue weighted by Crippen LogP contribution is -2.21. The number of phenolic OH excluding ortho intramolecular Hbond substituents is 1. The van der Waals surface area contributed by atoms with Crippen molar-refractivity contribution in [3.63, 3.8) is 0 Å². The van der Waals surface area contributed by atoms with Crippen LogP contribution < -0.4 is 5.32 Å². The lowest BCUT2D eigenvalue weighted by atomic mass is 10.2. The number of alkyl halides is 1. The highest BCUT2D eigenvalue weighted by molar-refractivity contribution is 6.18. The fraction of sp³-hybridized carbons (Fsp3) is 0.400. The zero-order chi connectivity index (χ0) is 10.6. The smallest absolute Gasteiger partial charge is 0.115 e. The average Bonchev–Trinajstić information content (AvgIpc) is 2.16. The molecule has 0 aliphatic rings. The number of aliphatic hydroxyl groups is 1. The van der Waals surface area contributed by atoms with E-state index in [0.29, 0.717) is 6.54 Å². The Morgan fingerprint density at radius 1 is 1.50 bits per heavy atom. The number of halogens is 1. The zero-order valence-corrected chi connectivity index (χ0v) is 8.75. The topological polar surface area (TPSA) is 52.5 Å². The maximum Gasteiger partial charge on any atom is 0.115 e. The molecular weight excluding hydrogens is 202 g/mol.